The maximum atomic E-state index is 13.8. The van der Waals surface area contributed by atoms with Crippen LogP contribution < -0.4 is 31.4 Å². The molecule has 2 rings (SSSR count). The van der Waals surface area contributed by atoms with E-state index in [0.29, 0.717) is 42.9 Å². The van der Waals surface area contributed by atoms with Gasteiger partial charge in [0, 0.05) is 24.2 Å². The fourth-order valence-electron chi connectivity index (χ4n) is 3.84. The average Bonchev–Trinajstić information content (AvgIpc) is 2.82. The Morgan fingerprint density at radius 2 is 1.85 bits per heavy atom. The molecule has 0 saturated heterocycles. The number of rotatable bonds is 13. The summed E-state index contributed by atoms with van der Waals surface area (Å²) in [5, 5.41) is 0. The fraction of sp³-hybridized carbons (Fsp3) is 0.480. The summed E-state index contributed by atoms with van der Waals surface area (Å²) in [5.41, 5.74) is 6.07. The van der Waals surface area contributed by atoms with Gasteiger partial charge in [0.15, 0.2) is 17.2 Å². The highest BCUT2D eigenvalue weighted by Crippen LogP contribution is 2.34. The van der Waals surface area contributed by atoms with Crippen LogP contribution in [0.2, 0.25) is 0 Å². The number of allylic oxidation sites excluding steroid dienone is 1. The van der Waals surface area contributed by atoms with Crippen LogP contribution in [-0.2, 0) is 13.0 Å². The highest BCUT2D eigenvalue weighted by molar-refractivity contribution is 6.07. The maximum Gasteiger partial charge on any atom is 0.330 e. The van der Waals surface area contributed by atoms with E-state index in [1.807, 2.05) is 13.8 Å². The first-order valence-corrected chi connectivity index (χ1v) is 11.6. The zero-order valence-corrected chi connectivity index (χ0v) is 20.6. The van der Waals surface area contributed by atoms with Crippen molar-refractivity contribution < 1.29 is 14.3 Å². The third-order valence-electron chi connectivity index (χ3n) is 5.62. The number of H-pyrrole nitrogens is 1. The molecule has 1 amide bonds. The first-order valence-electron chi connectivity index (χ1n) is 11.6. The molecule has 0 aliphatic heterocycles. The van der Waals surface area contributed by atoms with E-state index in [2.05, 4.69) is 11.6 Å². The number of nitrogens with zero attached hydrogens (tertiary/aromatic N) is 2. The van der Waals surface area contributed by atoms with Crippen molar-refractivity contribution in [2.75, 3.05) is 31.4 Å². The number of carbonyl (C=O) groups excluding carboxylic acids is 1. The first-order chi connectivity index (χ1) is 16.3. The quantitative estimate of drug-likeness (QED) is 0.340. The van der Waals surface area contributed by atoms with Gasteiger partial charge in [0.2, 0.25) is 0 Å². The van der Waals surface area contributed by atoms with Crippen molar-refractivity contribution in [3.63, 3.8) is 0 Å². The number of hydrogen-bond acceptors (Lipinski definition) is 6. The molecule has 1 aromatic carbocycles. The van der Waals surface area contributed by atoms with Gasteiger partial charge < -0.3 is 20.1 Å². The summed E-state index contributed by atoms with van der Waals surface area (Å²) in [4.78, 5) is 42.8. The second-order valence-corrected chi connectivity index (χ2v) is 8.03. The molecule has 3 N–H and O–H groups in total. The van der Waals surface area contributed by atoms with Crippen LogP contribution in [0.1, 0.15) is 61.9 Å². The van der Waals surface area contributed by atoms with Crippen LogP contribution in [0.5, 0.6) is 11.5 Å². The van der Waals surface area contributed by atoms with E-state index in [4.69, 9.17) is 15.2 Å². The molecule has 0 fully saturated rings. The Bertz CT molecular complexity index is 1120. The molecule has 0 saturated carbocycles. The summed E-state index contributed by atoms with van der Waals surface area (Å²) in [5.74, 6) is 0.481. The lowest BCUT2D eigenvalue weighted by Crippen LogP contribution is -2.41. The van der Waals surface area contributed by atoms with Crippen molar-refractivity contribution >= 4 is 17.4 Å². The molecular formula is C25H36N4O5. The minimum atomic E-state index is -0.688. The van der Waals surface area contributed by atoms with Crippen LogP contribution in [0.4, 0.5) is 11.5 Å². The zero-order chi connectivity index (χ0) is 25.3. The number of hydrogen-bond donors (Lipinski definition) is 2. The number of amides is 1. The van der Waals surface area contributed by atoms with Gasteiger partial charge in [0.05, 0.1) is 14.2 Å². The number of anilines is 2. The van der Waals surface area contributed by atoms with Crippen LogP contribution >= 0.6 is 0 Å². The van der Waals surface area contributed by atoms with Gasteiger partial charge in [-0.15, -0.1) is 6.58 Å². The first kappa shape index (κ1) is 26.8. The number of benzene rings is 1. The molecule has 34 heavy (non-hydrogen) atoms. The van der Waals surface area contributed by atoms with Crippen molar-refractivity contribution in [1.29, 1.82) is 0 Å². The SMILES string of the molecule is C=CCc1cc(C(=O)N(CCCCC)c2c(N)n(CCCC)c(=O)[nH]c2=O)cc(OC)c1OC. The Morgan fingerprint density at radius 3 is 2.44 bits per heavy atom. The predicted molar refractivity (Wildman–Crippen MR) is 135 cm³/mol. The molecule has 9 nitrogen and oxygen atoms in total. The molecule has 0 atom stereocenters. The molecule has 186 valence electrons. The van der Waals surface area contributed by atoms with E-state index >= 15 is 0 Å². The molecule has 0 aliphatic rings. The summed E-state index contributed by atoms with van der Waals surface area (Å²) in [6, 6.07) is 3.29. The Hall–Kier alpha value is -3.49. The van der Waals surface area contributed by atoms with Crippen molar-refractivity contribution in [2.24, 2.45) is 0 Å². The number of nitrogen functional groups attached to an aromatic ring is 1. The van der Waals surface area contributed by atoms with Gasteiger partial charge in [0.1, 0.15) is 5.82 Å². The van der Waals surface area contributed by atoms with Crippen LogP contribution in [0.15, 0.2) is 34.4 Å². The van der Waals surface area contributed by atoms with E-state index in [1.165, 1.54) is 23.7 Å². The van der Waals surface area contributed by atoms with E-state index in [1.54, 1.807) is 18.2 Å². The third kappa shape index (κ3) is 5.89. The number of nitrogens with one attached hydrogen (secondary N) is 1. The zero-order valence-electron chi connectivity index (χ0n) is 20.6. The highest BCUT2D eigenvalue weighted by atomic mass is 16.5. The van der Waals surface area contributed by atoms with Gasteiger partial charge in [-0.25, -0.2) is 4.79 Å². The van der Waals surface area contributed by atoms with Crippen LogP contribution in [0, 0.1) is 0 Å². The van der Waals surface area contributed by atoms with Gasteiger partial charge in [-0.3, -0.25) is 19.1 Å². The second kappa shape index (κ2) is 12.7. The monoisotopic (exact) mass is 472 g/mol. The number of nitrogens with two attached hydrogens (primary N) is 1. The minimum absolute atomic E-state index is 0.0150. The predicted octanol–water partition coefficient (Wildman–Crippen LogP) is 3.50. The standard InChI is InChI=1S/C25H36N4O5/c1-6-9-11-14-28(20-22(26)29(13-10-7-2)25(32)27-23(20)30)24(31)18-15-17(12-8-3)21(34-5)19(16-18)33-4/h8,15-16H,3,6-7,9-14,26H2,1-2,4-5H3,(H,27,30,32). The normalized spacial score (nSPS) is 10.7. The molecule has 0 bridgehead atoms. The van der Waals surface area contributed by atoms with Gasteiger partial charge in [-0.1, -0.05) is 39.2 Å². The van der Waals surface area contributed by atoms with Crippen molar-refractivity contribution in [3.05, 3.63) is 56.8 Å². The van der Waals surface area contributed by atoms with Gasteiger partial charge in [-0.2, -0.15) is 0 Å². The molecule has 0 aliphatic carbocycles. The van der Waals surface area contributed by atoms with Crippen LogP contribution in [0.3, 0.4) is 0 Å². The molecule has 1 aromatic heterocycles. The highest BCUT2D eigenvalue weighted by Gasteiger charge is 2.26. The number of carbonyl (C=O) groups is 1. The average molecular weight is 473 g/mol. The molecule has 2 aromatic rings. The lowest BCUT2D eigenvalue weighted by molar-refractivity contribution is 0.0985. The molecule has 9 heteroatoms. The smallest absolute Gasteiger partial charge is 0.330 e. The van der Waals surface area contributed by atoms with Crippen LogP contribution in [0.25, 0.3) is 0 Å². The summed E-state index contributed by atoms with van der Waals surface area (Å²) < 4.78 is 12.2. The summed E-state index contributed by atoms with van der Waals surface area (Å²) in [6.07, 6.45) is 6.19. The number of unbranched alkanes of at least 4 members (excludes halogenated alkanes) is 3. The Labute approximate surface area is 200 Å². The number of aromatic amines is 1. The van der Waals surface area contributed by atoms with Gasteiger partial charge in [-0.05, 0) is 31.4 Å². The molecule has 1 heterocycles. The summed E-state index contributed by atoms with van der Waals surface area (Å²) in [6.45, 7) is 8.44. The molecule has 0 spiro atoms. The van der Waals surface area contributed by atoms with E-state index in [-0.39, 0.29) is 18.1 Å². The number of methoxy groups -OCH3 is 2. The van der Waals surface area contributed by atoms with E-state index in [9.17, 15) is 14.4 Å². The topological polar surface area (TPSA) is 120 Å². The van der Waals surface area contributed by atoms with Crippen molar-refractivity contribution in [2.45, 2.75) is 58.9 Å². The largest absolute Gasteiger partial charge is 0.493 e. The third-order valence-corrected chi connectivity index (χ3v) is 5.62. The van der Waals surface area contributed by atoms with Gasteiger partial charge in [0.25, 0.3) is 11.5 Å². The fourth-order valence-corrected chi connectivity index (χ4v) is 3.84. The maximum absolute atomic E-state index is 13.8. The summed E-state index contributed by atoms with van der Waals surface area (Å²) in [7, 11) is 3.03. The van der Waals surface area contributed by atoms with Crippen LogP contribution in [-0.4, -0.2) is 36.2 Å². The lowest BCUT2D eigenvalue weighted by atomic mass is 10.0. The Kier molecular flexibility index (Phi) is 9.97. The second-order valence-electron chi connectivity index (χ2n) is 8.03. The Balaban J connectivity index is 2.68. The molecule has 0 radical (unpaired) electrons. The number of ether oxygens (including phenoxy) is 2. The van der Waals surface area contributed by atoms with E-state index in [0.717, 1.165) is 24.8 Å². The van der Waals surface area contributed by atoms with Crippen molar-refractivity contribution in [1.82, 2.24) is 9.55 Å². The molecular weight excluding hydrogens is 436 g/mol. The summed E-state index contributed by atoms with van der Waals surface area (Å²) >= 11 is 0. The Morgan fingerprint density at radius 1 is 1.15 bits per heavy atom. The van der Waals surface area contributed by atoms with Gasteiger partial charge >= 0.3 is 5.69 Å². The lowest BCUT2D eigenvalue weighted by Gasteiger charge is -2.25. The van der Waals surface area contributed by atoms with Crippen molar-refractivity contribution in [3.8, 4) is 11.5 Å². The minimum Gasteiger partial charge on any atom is -0.493 e. The van der Waals surface area contributed by atoms with E-state index < -0.39 is 17.2 Å². The molecule has 0 unspecified atom stereocenters. The number of aromatic nitrogens is 2.